The second-order valence-corrected chi connectivity index (χ2v) is 9.49. The Bertz CT molecular complexity index is 1340. The molecule has 9 heteroatoms. The quantitative estimate of drug-likeness (QED) is 0.195. The first-order valence-electron chi connectivity index (χ1n) is 13.0. The first-order valence-corrected chi connectivity index (χ1v) is 13.0. The molecule has 202 valence electrons. The van der Waals surface area contributed by atoms with Crippen molar-refractivity contribution >= 4 is 35.1 Å². The minimum Gasteiger partial charge on any atom is -0.481 e. The Hall–Kier alpha value is -4.66. The number of aliphatic carboxylic acids is 1. The number of nitrogens with zero attached hydrogens (tertiary/aromatic N) is 3. The van der Waals surface area contributed by atoms with Crippen molar-refractivity contribution in [2.75, 3.05) is 18.0 Å². The number of anilines is 2. The maximum atomic E-state index is 14.1. The summed E-state index contributed by atoms with van der Waals surface area (Å²) in [5.41, 5.74) is 13.9. The van der Waals surface area contributed by atoms with Crippen molar-refractivity contribution in [1.82, 2.24) is 4.90 Å². The number of hydrogen-bond acceptors (Lipinski definition) is 4. The third kappa shape index (κ3) is 6.81. The van der Waals surface area contributed by atoms with Gasteiger partial charge in [-0.05, 0) is 54.7 Å². The summed E-state index contributed by atoms with van der Waals surface area (Å²) in [5, 5.41) is 9.70. The van der Waals surface area contributed by atoms with Gasteiger partial charge in [-0.1, -0.05) is 61.0 Å². The number of amides is 2. The number of fused-ring (bicyclic) bond motifs is 1. The van der Waals surface area contributed by atoms with Crippen LogP contribution >= 0.6 is 0 Å². The molecule has 2 amide bonds. The number of carbonyl (C=O) groups is 3. The number of unbranched alkanes of at least 4 members (excludes halogenated alkanes) is 2. The number of guanidine groups is 1. The number of rotatable bonds is 11. The molecule has 0 saturated heterocycles. The Kier molecular flexibility index (Phi) is 8.94. The summed E-state index contributed by atoms with van der Waals surface area (Å²) in [6.07, 6.45) is 3.05. The molecular weight excluding hydrogens is 494 g/mol. The highest BCUT2D eigenvalue weighted by Crippen LogP contribution is 2.36. The standard InChI is InChI=1S/C30H33N5O4/c31-30(32)33-17-9-3-4-10-21-15-16-25-24(18-21)29(39)34(20-27(36)35(25)23-13-7-2-8-14-23)26(19-28(37)38)22-11-5-1-6-12-22/h1-2,5-8,11-16,18,26H,3-4,9-10,17,19-20H2,(H,37,38)(H4,31,32,33). The lowest BCUT2D eigenvalue weighted by atomic mass is 9.99. The van der Waals surface area contributed by atoms with Gasteiger partial charge in [-0.3, -0.25) is 24.3 Å². The van der Waals surface area contributed by atoms with E-state index in [-0.39, 0.29) is 30.7 Å². The van der Waals surface area contributed by atoms with Crippen LogP contribution in [0.25, 0.3) is 0 Å². The zero-order chi connectivity index (χ0) is 27.8. The highest BCUT2D eigenvalue weighted by molar-refractivity contribution is 6.13. The number of hydrogen-bond donors (Lipinski definition) is 3. The molecule has 9 nitrogen and oxygen atoms in total. The molecule has 0 bridgehead atoms. The van der Waals surface area contributed by atoms with E-state index >= 15 is 0 Å². The number of carboxylic acid groups (broad SMARTS) is 1. The molecule has 1 aliphatic heterocycles. The number of para-hydroxylation sites is 1. The molecule has 0 radical (unpaired) electrons. The third-order valence-electron chi connectivity index (χ3n) is 6.71. The second-order valence-electron chi connectivity index (χ2n) is 9.49. The zero-order valence-corrected chi connectivity index (χ0v) is 21.7. The maximum absolute atomic E-state index is 14.1. The van der Waals surface area contributed by atoms with Gasteiger partial charge >= 0.3 is 5.97 Å². The van der Waals surface area contributed by atoms with Crippen LogP contribution < -0.4 is 16.4 Å². The molecular formula is C30H33N5O4. The Morgan fingerprint density at radius 2 is 1.62 bits per heavy atom. The van der Waals surface area contributed by atoms with Gasteiger partial charge in [-0.25, -0.2) is 0 Å². The first kappa shape index (κ1) is 27.4. The molecule has 3 aromatic rings. The fourth-order valence-corrected chi connectivity index (χ4v) is 4.87. The van der Waals surface area contributed by atoms with E-state index in [1.807, 2.05) is 54.6 Å². The monoisotopic (exact) mass is 527 g/mol. The summed E-state index contributed by atoms with van der Waals surface area (Å²) in [5.74, 6) is -1.66. The summed E-state index contributed by atoms with van der Waals surface area (Å²) >= 11 is 0. The summed E-state index contributed by atoms with van der Waals surface area (Å²) in [4.78, 5) is 46.6. The molecule has 0 saturated carbocycles. The van der Waals surface area contributed by atoms with Gasteiger partial charge in [-0.15, -0.1) is 0 Å². The minimum atomic E-state index is -1.05. The van der Waals surface area contributed by atoms with Crippen molar-refractivity contribution in [2.24, 2.45) is 16.5 Å². The van der Waals surface area contributed by atoms with Gasteiger partial charge in [0.05, 0.1) is 23.7 Å². The Labute approximate surface area is 227 Å². The van der Waals surface area contributed by atoms with E-state index in [2.05, 4.69) is 4.99 Å². The van der Waals surface area contributed by atoms with Gasteiger partial charge in [0.1, 0.15) is 6.54 Å². The van der Waals surface area contributed by atoms with Crippen LogP contribution in [0.5, 0.6) is 0 Å². The van der Waals surface area contributed by atoms with E-state index in [0.29, 0.717) is 29.0 Å². The van der Waals surface area contributed by atoms with Gasteiger partial charge in [-0.2, -0.15) is 0 Å². The molecule has 0 fully saturated rings. The topological polar surface area (TPSA) is 142 Å². The van der Waals surface area contributed by atoms with Crippen LogP contribution in [0, 0.1) is 0 Å². The lowest BCUT2D eigenvalue weighted by Crippen LogP contribution is -2.40. The van der Waals surface area contributed by atoms with Crippen molar-refractivity contribution in [3.05, 3.63) is 95.6 Å². The molecule has 1 atom stereocenters. The second kappa shape index (κ2) is 12.7. The van der Waals surface area contributed by atoms with Gasteiger partial charge < -0.3 is 21.5 Å². The summed E-state index contributed by atoms with van der Waals surface area (Å²) < 4.78 is 0. The van der Waals surface area contributed by atoms with Crippen molar-refractivity contribution < 1.29 is 19.5 Å². The zero-order valence-electron chi connectivity index (χ0n) is 21.7. The molecule has 1 heterocycles. The Balaban J connectivity index is 1.70. The van der Waals surface area contributed by atoms with Crippen molar-refractivity contribution in [3.8, 4) is 0 Å². The van der Waals surface area contributed by atoms with Crippen LogP contribution in [0.4, 0.5) is 11.4 Å². The van der Waals surface area contributed by atoms with E-state index in [1.165, 1.54) is 4.90 Å². The number of nitrogens with two attached hydrogens (primary N) is 2. The number of benzene rings is 3. The van der Waals surface area contributed by atoms with E-state index in [1.54, 1.807) is 29.2 Å². The van der Waals surface area contributed by atoms with Crippen LogP contribution in [0.1, 0.15) is 53.2 Å². The predicted octanol–water partition coefficient (Wildman–Crippen LogP) is 4.01. The van der Waals surface area contributed by atoms with Crippen LogP contribution in [-0.4, -0.2) is 46.8 Å². The fraction of sp³-hybridized carbons (Fsp3) is 0.267. The number of aliphatic imine (C=N–C) groups is 1. The van der Waals surface area contributed by atoms with Gasteiger partial charge in [0.25, 0.3) is 11.8 Å². The van der Waals surface area contributed by atoms with Gasteiger partial charge in [0.2, 0.25) is 0 Å². The molecule has 0 spiro atoms. The number of aryl methyl sites for hydroxylation is 1. The highest BCUT2D eigenvalue weighted by atomic mass is 16.4. The van der Waals surface area contributed by atoms with Gasteiger partial charge in [0.15, 0.2) is 5.96 Å². The SMILES string of the molecule is NC(N)=NCCCCCc1ccc2c(c1)C(=O)N(C(CC(=O)O)c1ccccc1)CC(=O)N2c1ccccc1. The summed E-state index contributed by atoms with van der Waals surface area (Å²) in [7, 11) is 0. The predicted molar refractivity (Wildman–Crippen MR) is 151 cm³/mol. The molecule has 0 aliphatic carbocycles. The van der Waals surface area contributed by atoms with Gasteiger partial charge in [0, 0.05) is 12.2 Å². The molecule has 4 rings (SSSR count). The summed E-state index contributed by atoms with van der Waals surface area (Å²) in [6, 6.07) is 22.9. The van der Waals surface area contributed by atoms with Crippen LogP contribution in [0.3, 0.4) is 0 Å². The Morgan fingerprint density at radius 1 is 0.923 bits per heavy atom. The van der Waals surface area contributed by atoms with Crippen molar-refractivity contribution in [1.29, 1.82) is 0 Å². The number of carboxylic acids is 1. The lowest BCUT2D eigenvalue weighted by molar-refractivity contribution is -0.138. The molecule has 1 aliphatic rings. The smallest absolute Gasteiger partial charge is 0.305 e. The van der Waals surface area contributed by atoms with Crippen molar-refractivity contribution in [2.45, 2.75) is 38.1 Å². The maximum Gasteiger partial charge on any atom is 0.305 e. The largest absolute Gasteiger partial charge is 0.481 e. The van der Waals surface area contributed by atoms with Crippen LogP contribution in [0.2, 0.25) is 0 Å². The molecule has 5 N–H and O–H groups in total. The van der Waals surface area contributed by atoms with Crippen molar-refractivity contribution in [3.63, 3.8) is 0 Å². The fourth-order valence-electron chi connectivity index (χ4n) is 4.87. The summed E-state index contributed by atoms with van der Waals surface area (Å²) in [6.45, 7) is 0.313. The van der Waals surface area contributed by atoms with Crippen LogP contribution in [0.15, 0.2) is 83.9 Å². The third-order valence-corrected chi connectivity index (χ3v) is 6.71. The van der Waals surface area contributed by atoms with E-state index in [0.717, 1.165) is 31.2 Å². The molecule has 39 heavy (non-hydrogen) atoms. The average Bonchev–Trinajstić information content (AvgIpc) is 3.03. The highest BCUT2D eigenvalue weighted by Gasteiger charge is 2.37. The van der Waals surface area contributed by atoms with E-state index in [9.17, 15) is 19.5 Å². The average molecular weight is 528 g/mol. The molecule has 0 aromatic heterocycles. The van der Waals surface area contributed by atoms with E-state index in [4.69, 9.17) is 11.5 Å². The minimum absolute atomic E-state index is 0.0815. The number of carbonyl (C=O) groups excluding carboxylic acids is 2. The molecule has 1 unspecified atom stereocenters. The van der Waals surface area contributed by atoms with E-state index < -0.39 is 12.0 Å². The first-order chi connectivity index (χ1) is 18.8. The molecule has 3 aromatic carbocycles. The Morgan fingerprint density at radius 3 is 2.28 bits per heavy atom. The normalized spacial score (nSPS) is 13.9. The lowest BCUT2D eigenvalue weighted by Gasteiger charge is -2.30. The van der Waals surface area contributed by atoms with Crippen LogP contribution in [-0.2, 0) is 16.0 Å².